The standard InChI is InChI=1S/C16H25BO2/c1-6-15-9-16(10-15,12(15)11-7-8-11)17-18-13(2,3)14(4,5)19-17/h6,11-12H,1,7-10H2,2-5H3/t12-,15?,16?/m0/s1. The third-order valence-electron chi connectivity index (χ3n) is 6.78. The summed E-state index contributed by atoms with van der Waals surface area (Å²) in [7, 11) is 0.00456. The summed E-state index contributed by atoms with van der Waals surface area (Å²) in [6.07, 6.45) is 7.51. The van der Waals surface area contributed by atoms with Crippen molar-refractivity contribution in [3.63, 3.8) is 0 Å². The van der Waals surface area contributed by atoms with Gasteiger partial charge < -0.3 is 9.31 Å². The van der Waals surface area contributed by atoms with Gasteiger partial charge in [-0.15, -0.1) is 6.58 Å². The molecule has 1 saturated heterocycles. The molecule has 0 radical (unpaired) electrons. The number of allylic oxidation sites excluding steroid dienone is 1. The molecule has 1 atom stereocenters. The number of hydrogen-bond donors (Lipinski definition) is 0. The molecule has 3 heteroatoms. The van der Waals surface area contributed by atoms with Gasteiger partial charge in [0.25, 0.3) is 0 Å². The monoisotopic (exact) mass is 260 g/mol. The van der Waals surface area contributed by atoms with Gasteiger partial charge in [0.2, 0.25) is 0 Å². The van der Waals surface area contributed by atoms with Crippen molar-refractivity contribution in [2.45, 2.75) is 69.9 Å². The maximum absolute atomic E-state index is 6.35. The second kappa shape index (κ2) is 3.14. The highest BCUT2D eigenvalue weighted by molar-refractivity contribution is 6.51. The van der Waals surface area contributed by atoms with Crippen LogP contribution in [0.5, 0.6) is 0 Å². The van der Waals surface area contributed by atoms with Crippen molar-refractivity contribution in [3.8, 4) is 0 Å². The van der Waals surface area contributed by atoms with Crippen molar-refractivity contribution < 1.29 is 9.31 Å². The lowest BCUT2D eigenvalue weighted by Gasteiger charge is -2.76. The Morgan fingerprint density at radius 3 is 2.00 bits per heavy atom. The molecular weight excluding hydrogens is 235 g/mol. The number of rotatable bonds is 3. The maximum Gasteiger partial charge on any atom is 0.464 e. The summed E-state index contributed by atoms with van der Waals surface area (Å²) in [5.74, 6) is 1.70. The van der Waals surface area contributed by atoms with Gasteiger partial charge in [0.15, 0.2) is 0 Å². The van der Waals surface area contributed by atoms with Crippen LogP contribution in [0.3, 0.4) is 0 Å². The minimum Gasteiger partial charge on any atom is -0.403 e. The third kappa shape index (κ3) is 1.27. The smallest absolute Gasteiger partial charge is 0.403 e. The lowest BCUT2D eigenvalue weighted by molar-refractivity contribution is -0.163. The zero-order chi connectivity index (χ0) is 13.7. The van der Waals surface area contributed by atoms with Crippen LogP contribution in [0.25, 0.3) is 0 Å². The average molecular weight is 260 g/mol. The topological polar surface area (TPSA) is 18.5 Å². The number of hydrogen-bond acceptors (Lipinski definition) is 2. The summed E-state index contributed by atoms with van der Waals surface area (Å²) in [6, 6.07) is 0. The van der Waals surface area contributed by atoms with Gasteiger partial charge in [-0.25, -0.2) is 0 Å². The Morgan fingerprint density at radius 1 is 1.05 bits per heavy atom. The summed E-state index contributed by atoms with van der Waals surface area (Å²) in [6.45, 7) is 12.7. The van der Waals surface area contributed by atoms with Gasteiger partial charge in [-0.05, 0) is 70.6 Å². The first-order valence-corrected chi connectivity index (χ1v) is 7.76. The molecule has 2 nitrogen and oxygen atoms in total. The van der Waals surface area contributed by atoms with E-state index in [-0.39, 0.29) is 18.3 Å². The molecule has 0 unspecified atom stereocenters. The van der Waals surface area contributed by atoms with Crippen molar-refractivity contribution >= 4 is 7.12 Å². The van der Waals surface area contributed by atoms with E-state index in [9.17, 15) is 0 Å². The average Bonchev–Trinajstić information content (AvgIpc) is 2.93. The maximum atomic E-state index is 6.35. The van der Waals surface area contributed by atoms with Crippen LogP contribution >= 0.6 is 0 Å². The largest absolute Gasteiger partial charge is 0.464 e. The molecule has 4 aliphatic carbocycles. The molecule has 5 aliphatic rings. The summed E-state index contributed by atoms with van der Waals surface area (Å²) < 4.78 is 12.7. The SMILES string of the molecule is C=CC12CC(B3OC(C)(C)C(C)(C)O3)(C1)[C@H]2C1CC1. The van der Waals surface area contributed by atoms with Crippen molar-refractivity contribution in [2.24, 2.45) is 17.3 Å². The molecule has 19 heavy (non-hydrogen) atoms. The van der Waals surface area contributed by atoms with Gasteiger partial charge in [0, 0.05) is 5.31 Å². The highest BCUT2D eigenvalue weighted by atomic mass is 16.7. The molecule has 0 spiro atoms. The first-order chi connectivity index (χ1) is 8.76. The van der Waals surface area contributed by atoms with E-state index in [2.05, 4.69) is 40.3 Å². The fourth-order valence-electron chi connectivity index (χ4n) is 4.95. The van der Waals surface area contributed by atoms with Crippen LogP contribution in [0.1, 0.15) is 53.4 Å². The molecule has 0 amide bonds. The van der Waals surface area contributed by atoms with E-state index in [1.165, 1.54) is 25.7 Å². The van der Waals surface area contributed by atoms with Crippen molar-refractivity contribution in [2.75, 3.05) is 0 Å². The summed E-state index contributed by atoms with van der Waals surface area (Å²) in [5.41, 5.74) is 0.0514. The Labute approximate surface area is 117 Å². The minimum absolute atomic E-state index is 0.00456. The molecule has 0 aromatic rings. The Morgan fingerprint density at radius 2 is 1.58 bits per heavy atom. The van der Waals surface area contributed by atoms with Crippen LogP contribution in [0.4, 0.5) is 0 Å². The first-order valence-electron chi connectivity index (χ1n) is 7.76. The van der Waals surface area contributed by atoms with Gasteiger partial charge in [-0.2, -0.15) is 0 Å². The minimum atomic E-state index is -0.192. The van der Waals surface area contributed by atoms with E-state index in [1.54, 1.807) is 0 Å². The third-order valence-corrected chi connectivity index (χ3v) is 6.78. The van der Waals surface area contributed by atoms with Gasteiger partial charge in [0.05, 0.1) is 11.2 Å². The van der Waals surface area contributed by atoms with E-state index in [0.29, 0.717) is 10.7 Å². The highest BCUT2D eigenvalue weighted by Gasteiger charge is 2.82. The van der Waals surface area contributed by atoms with Gasteiger partial charge in [0.1, 0.15) is 0 Å². The van der Waals surface area contributed by atoms with Crippen LogP contribution in [0.2, 0.25) is 5.31 Å². The fraction of sp³-hybridized carbons (Fsp3) is 0.875. The van der Waals surface area contributed by atoms with E-state index >= 15 is 0 Å². The summed E-state index contributed by atoms with van der Waals surface area (Å²) >= 11 is 0. The quantitative estimate of drug-likeness (QED) is 0.567. The molecule has 1 aliphatic heterocycles. The molecule has 0 aromatic heterocycles. The Bertz CT molecular complexity index is 428. The van der Waals surface area contributed by atoms with E-state index in [4.69, 9.17) is 9.31 Å². The van der Waals surface area contributed by atoms with E-state index < -0.39 is 0 Å². The predicted molar refractivity (Wildman–Crippen MR) is 76.9 cm³/mol. The molecule has 5 rings (SSSR count). The lowest BCUT2D eigenvalue weighted by Crippen LogP contribution is -2.71. The molecular formula is C16H25BO2. The van der Waals surface area contributed by atoms with Gasteiger partial charge in [-0.1, -0.05) is 6.08 Å². The normalized spacial score (nSPS) is 49.5. The van der Waals surface area contributed by atoms with E-state index in [1.807, 2.05) is 0 Å². The molecule has 4 saturated carbocycles. The van der Waals surface area contributed by atoms with Crippen molar-refractivity contribution in [1.29, 1.82) is 0 Å². The van der Waals surface area contributed by atoms with Gasteiger partial charge in [-0.3, -0.25) is 0 Å². The lowest BCUT2D eigenvalue weighted by atomic mass is 9.18. The zero-order valence-electron chi connectivity index (χ0n) is 12.7. The zero-order valence-corrected chi connectivity index (χ0v) is 12.7. The fourth-order valence-corrected chi connectivity index (χ4v) is 4.95. The van der Waals surface area contributed by atoms with E-state index in [0.717, 1.165) is 11.8 Å². The Hall–Kier alpha value is -0.275. The van der Waals surface area contributed by atoms with Crippen LogP contribution in [-0.2, 0) is 9.31 Å². The first kappa shape index (κ1) is 12.5. The van der Waals surface area contributed by atoms with Crippen molar-refractivity contribution in [3.05, 3.63) is 12.7 Å². The Balaban J connectivity index is 1.60. The predicted octanol–water partition coefficient (Wildman–Crippen LogP) is 3.83. The summed E-state index contributed by atoms with van der Waals surface area (Å²) in [4.78, 5) is 0. The molecule has 0 aromatic carbocycles. The van der Waals surface area contributed by atoms with Gasteiger partial charge >= 0.3 is 7.12 Å². The highest BCUT2D eigenvalue weighted by Crippen LogP contribution is 2.88. The molecule has 104 valence electrons. The second-order valence-corrected chi connectivity index (χ2v) is 8.43. The molecule has 1 heterocycles. The molecule has 0 N–H and O–H groups in total. The summed E-state index contributed by atoms with van der Waals surface area (Å²) in [5, 5.41) is 0.306. The van der Waals surface area contributed by atoms with Crippen LogP contribution < -0.4 is 0 Å². The van der Waals surface area contributed by atoms with Crippen LogP contribution in [0.15, 0.2) is 12.7 Å². The second-order valence-electron chi connectivity index (χ2n) is 8.43. The Kier molecular flexibility index (Phi) is 2.06. The van der Waals surface area contributed by atoms with Crippen LogP contribution in [0, 0.1) is 17.3 Å². The molecule has 5 fully saturated rings. The molecule has 2 bridgehead atoms. The van der Waals surface area contributed by atoms with Crippen LogP contribution in [-0.4, -0.2) is 18.3 Å². The van der Waals surface area contributed by atoms with Crippen molar-refractivity contribution in [1.82, 2.24) is 0 Å².